The van der Waals surface area contributed by atoms with Gasteiger partial charge >= 0.3 is 0 Å². The minimum atomic E-state index is 0.746. The van der Waals surface area contributed by atoms with E-state index in [9.17, 15) is 0 Å². The smallest absolute Gasteiger partial charge is 0.169 e. The van der Waals surface area contributed by atoms with Crippen molar-refractivity contribution < 1.29 is 4.74 Å². The predicted octanol–water partition coefficient (Wildman–Crippen LogP) is 5.02. The molecule has 0 bridgehead atoms. The third-order valence-corrected chi connectivity index (χ3v) is 5.45. The molecule has 1 N–H and O–H groups in total. The molecule has 0 spiro atoms. The van der Waals surface area contributed by atoms with Crippen LogP contribution in [0, 0.1) is 0 Å². The molecule has 0 unspecified atom stereocenters. The van der Waals surface area contributed by atoms with Crippen molar-refractivity contribution in [2.75, 3.05) is 20.2 Å². The van der Waals surface area contributed by atoms with Gasteiger partial charge in [-0.3, -0.25) is 0 Å². The molecule has 0 aliphatic heterocycles. The highest BCUT2D eigenvalue weighted by atomic mass is 32.1. The Morgan fingerprint density at radius 1 is 1.14 bits per heavy atom. The highest BCUT2D eigenvalue weighted by molar-refractivity contribution is 7.80. The van der Waals surface area contributed by atoms with Crippen LogP contribution < -0.4 is 10.1 Å². The number of benzene rings is 1. The molecule has 2 aromatic rings. The summed E-state index contributed by atoms with van der Waals surface area (Å²) in [4.78, 5) is 6.37. The van der Waals surface area contributed by atoms with E-state index in [-0.39, 0.29) is 0 Å². The van der Waals surface area contributed by atoms with Gasteiger partial charge in [0.2, 0.25) is 0 Å². The average molecular weight is 417 g/mol. The van der Waals surface area contributed by atoms with Crippen LogP contribution in [0.4, 0.5) is 0 Å². The molecular formula is C23H36N4OS. The Hall–Kier alpha value is -2.08. The summed E-state index contributed by atoms with van der Waals surface area (Å²) in [5.74, 6) is 0.908. The molecule has 1 heterocycles. The van der Waals surface area contributed by atoms with Crippen molar-refractivity contribution in [3.05, 3.63) is 48.5 Å². The van der Waals surface area contributed by atoms with E-state index in [0.29, 0.717) is 0 Å². The third-order valence-electron chi connectivity index (χ3n) is 5.05. The molecule has 6 heteroatoms. The minimum Gasteiger partial charge on any atom is -0.496 e. The molecule has 5 nitrogen and oxygen atoms in total. The van der Waals surface area contributed by atoms with E-state index in [1.54, 1.807) is 7.11 Å². The van der Waals surface area contributed by atoms with E-state index < -0.39 is 0 Å². The largest absolute Gasteiger partial charge is 0.496 e. The van der Waals surface area contributed by atoms with Gasteiger partial charge in [0.05, 0.1) is 13.4 Å². The minimum absolute atomic E-state index is 0.746. The molecule has 0 amide bonds. The molecule has 160 valence electrons. The first-order valence-electron chi connectivity index (χ1n) is 10.8. The van der Waals surface area contributed by atoms with Gasteiger partial charge in [-0.2, -0.15) is 0 Å². The van der Waals surface area contributed by atoms with E-state index >= 15 is 0 Å². The highest BCUT2D eigenvalue weighted by Crippen LogP contribution is 2.19. The van der Waals surface area contributed by atoms with Crippen molar-refractivity contribution in [3.63, 3.8) is 0 Å². The molecule has 1 aromatic heterocycles. The number of aromatic nitrogens is 2. The molecular weight excluding hydrogens is 380 g/mol. The van der Waals surface area contributed by atoms with E-state index in [4.69, 9.17) is 17.0 Å². The summed E-state index contributed by atoms with van der Waals surface area (Å²) in [6.07, 6.45) is 14.4. The molecule has 0 saturated heterocycles. The zero-order valence-corrected chi connectivity index (χ0v) is 18.8. The van der Waals surface area contributed by atoms with Gasteiger partial charge < -0.3 is 19.5 Å². The number of methoxy groups -OCH3 is 1. The quantitative estimate of drug-likeness (QED) is 0.346. The van der Waals surface area contributed by atoms with Crippen LogP contribution in [0.2, 0.25) is 0 Å². The lowest BCUT2D eigenvalue weighted by molar-refractivity contribution is 0.364. The fourth-order valence-corrected chi connectivity index (χ4v) is 3.63. The normalized spacial score (nSPS) is 10.7. The number of nitrogens with zero attached hydrogens (tertiary/aromatic N) is 3. The standard InChI is InChI=1S/C23H36N4OS/c1-3-4-5-6-7-10-14-25-23(29)27(17-11-16-26-18-15-24-20-26)19-21-12-8-9-13-22(21)28-2/h8-9,12-13,15,18,20H,3-7,10-11,14,16-17,19H2,1-2H3,(H,25,29). The number of thiocarbonyl (C=S) groups is 1. The number of rotatable bonds is 14. The predicted molar refractivity (Wildman–Crippen MR) is 124 cm³/mol. The molecule has 2 rings (SSSR count). The number of unbranched alkanes of at least 4 members (excludes halogenated alkanes) is 5. The number of nitrogens with one attached hydrogen (secondary N) is 1. The number of hydrogen-bond donors (Lipinski definition) is 1. The monoisotopic (exact) mass is 416 g/mol. The Morgan fingerprint density at radius 3 is 2.69 bits per heavy atom. The lowest BCUT2D eigenvalue weighted by Crippen LogP contribution is -2.40. The summed E-state index contributed by atoms with van der Waals surface area (Å²) in [5, 5.41) is 4.30. The molecule has 0 aliphatic rings. The number of ether oxygens (including phenoxy) is 1. The Balaban J connectivity index is 1.85. The zero-order valence-electron chi connectivity index (χ0n) is 18.0. The second kappa shape index (κ2) is 14.0. The third kappa shape index (κ3) is 8.86. The SMILES string of the molecule is CCCCCCCCNC(=S)N(CCCn1ccnc1)Cc1ccccc1OC. The van der Waals surface area contributed by atoms with E-state index in [0.717, 1.165) is 49.0 Å². The topological polar surface area (TPSA) is 42.3 Å². The fraction of sp³-hybridized carbons (Fsp3) is 0.565. The molecule has 0 radical (unpaired) electrons. The van der Waals surface area contributed by atoms with Gasteiger partial charge in [-0.05, 0) is 31.1 Å². The van der Waals surface area contributed by atoms with Crippen LogP contribution in [-0.2, 0) is 13.1 Å². The molecule has 0 aliphatic carbocycles. The molecule has 0 fully saturated rings. The second-order valence-corrected chi connectivity index (χ2v) is 7.77. The van der Waals surface area contributed by atoms with Gasteiger partial charge in [0.25, 0.3) is 0 Å². The van der Waals surface area contributed by atoms with Crippen LogP contribution in [0.15, 0.2) is 43.0 Å². The number of hydrogen-bond acceptors (Lipinski definition) is 3. The van der Waals surface area contributed by atoms with Crippen LogP contribution in [0.3, 0.4) is 0 Å². The van der Waals surface area contributed by atoms with Crippen molar-refractivity contribution in [2.45, 2.75) is 65.0 Å². The number of imidazole rings is 1. The van der Waals surface area contributed by atoms with Crippen molar-refractivity contribution >= 4 is 17.3 Å². The first-order chi connectivity index (χ1) is 14.2. The van der Waals surface area contributed by atoms with E-state index in [1.807, 2.05) is 36.9 Å². The van der Waals surface area contributed by atoms with E-state index in [2.05, 4.69) is 32.8 Å². The van der Waals surface area contributed by atoms with Crippen LogP contribution in [-0.4, -0.2) is 39.8 Å². The Bertz CT molecular complexity index is 690. The number of aryl methyl sites for hydroxylation is 1. The highest BCUT2D eigenvalue weighted by Gasteiger charge is 2.13. The van der Waals surface area contributed by atoms with Gasteiger partial charge in [0.1, 0.15) is 5.75 Å². The van der Waals surface area contributed by atoms with Crippen molar-refractivity contribution in [1.29, 1.82) is 0 Å². The molecule has 29 heavy (non-hydrogen) atoms. The van der Waals surface area contributed by atoms with Gasteiger partial charge in [-0.15, -0.1) is 0 Å². The van der Waals surface area contributed by atoms with E-state index in [1.165, 1.54) is 38.5 Å². The second-order valence-electron chi connectivity index (χ2n) is 7.39. The van der Waals surface area contributed by atoms with Crippen molar-refractivity contribution in [3.8, 4) is 5.75 Å². The van der Waals surface area contributed by atoms with Crippen LogP contribution in [0.5, 0.6) is 5.75 Å². The summed E-state index contributed by atoms with van der Waals surface area (Å²) in [6.45, 7) is 5.76. The lowest BCUT2D eigenvalue weighted by atomic mass is 10.1. The maximum atomic E-state index is 5.74. The summed E-state index contributed by atoms with van der Waals surface area (Å²) < 4.78 is 7.64. The Labute approximate surface area is 181 Å². The van der Waals surface area contributed by atoms with Gasteiger partial charge in [0.15, 0.2) is 5.11 Å². The summed E-state index contributed by atoms with van der Waals surface area (Å²) >= 11 is 5.74. The first kappa shape index (κ1) is 23.2. The Morgan fingerprint density at radius 2 is 1.93 bits per heavy atom. The van der Waals surface area contributed by atoms with Gasteiger partial charge in [0, 0.05) is 44.1 Å². The Kier molecular flexibility index (Phi) is 11.2. The van der Waals surface area contributed by atoms with Crippen LogP contribution in [0.25, 0.3) is 0 Å². The fourth-order valence-electron chi connectivity index (χ4n) is 3.37. The van der Waals surface area contributed by atoms with Crippen molar-refractivity contribution in [2.24, 2.45) is 0 Å². The maximum Gasteiger partial charge on any atom is 0.169 e. The zero-order chi connectivity index (χ0) is 20.7. The lowest BCUT2D eigenvalue weighted by Gasteiger charge is -2.27. The molecule has 0 saturated carbocycles. The van der Waals surface area contributed by atoms with Crippen LogP contribution in [0.1, 0.15) is 57.4 Å². The van der Waals surface area contributed by atoms with Crippen LogP contribution >= 0.6 is 12.2 Å². The molecule has 0 atom stereocenters. The summed E-state index contributed by atoms with van der Waals surface area (Å²) in [6, 6.07) is 8.17. The average Bonchev–Trinajstić information content (AvgIpc) is 3.26. The first-order valence-corrected chi connectivity index (χ1v) is 11.3. The molecule has 1 aromatic carbocycles. The number of para-hydroxylation sites is 1. The van der Waals surface area contributed by atoms with Gasteiger partial charge in [-0.25, -0.2) is 4.98 Å². The summed E-state index contributed by atoms with van der Waals surface area (Å²) in [7, 11) is 1.72. The summed E-state index contributed by atoms with van der Waals surface area (Å²) in [5.41, 5.74) is 1.15. The van der Waals surface area contributed by atoms with Crippen molar-refractivity contribution in [1.82, 2.24) is 19.8 Å². The van der Waals surface area contributed by atoms with Gasteiger partial charge in [-0.1, -0.05) is 57.2 Å². The maximum absolute atomic E-state index is 5.74.